The molecule has 5 nitrogen and oxygen atoms in total. The van der Waals surface area contributed by atoms with Crippen LogP contribution in [0.3, 0.4) is 0 Å². The summed E-state index contributed by atoms with van der Waals surface area (Å²) in [6.45, 7) is 2.38. The number of amides is 2. The summed E-state index contributed by atoms with van der Waals surface area (Å²) in [4.78, 5) is 23.7. The van der Waals surface area contributed by atoms with Crippen molar-refractivity contribution in [1.82, 2.24) is 5.32 Å². The molecule has 0 saturated carbocycles. The van der Waals surface area contributed by atoms with E-state index in [9.17, 15) is 9.59 Å². The number of hydrogen-bond acceptors (Lipinski definition) is 3. The van der Waals surface area contributed by atoms with Crippen molar-refractivity contribution in [2.45, 2.75) is 45.1 Å². The Morgan fingerprint density at radius 3 is 2.43 bits per heavy atom. The Labute approximate surface area is 126 Å². The van der Waals surface area contributed by atoms with Gasteiger partial charge >= 0.3 is 0 Å². The lowest BCUT2D eigenvalue weighted by Gasteiger charge is -2.14. The molecule has 0 aromatic heterocycles. The van der Waals surface area contributed by atoms with E-state index in [1.165, 1.54) is 0 Å². The summed E-state index contributed by atoms with van der Waals surface area (Å²) in [6, 6.07) is 8.65. The second-order valence-electron chi connectivity index (χ2n) is 5.10. The van der Waals surface area contributed by atoms with Crippen molar-refractivity contribution in [3.8, 4) is 0 Å². The van der Waals surface area contributed by atoms with E-state index in [1.807, 2.05) is 30.3 Å². The van der Waals surface area contributed by atoms with Crippen molar-refractivity contribution in [3.05, 3.63) is 30.3 Å². The van der Waals surface area contributed by atoms with Gasteiger partial charge < -0.3 is 16.4 Å². The number of unbranched alkanes of at least 4 members (excludes halogenated alkanes) is 3. The molecule has 1 aromatic carbocycles. The molecule has 0 aliphatic heterocycles. The van der Waals surface area contributed by atoms with Crippen LogP contribution in [0.4, 0.5) is 5.69 Å². The highest BCUT2D eigenvalue weighted by Crippen LogP contribution is 2.06. The number of para-hydroxylation sites is 1. The Balaban J connectivity index is 2.23. The van der Waals surface area contributed by atoms with Gasteiger partial charge in [-0.05, 0) is 38.4 Å². The molecular formula is C16H25N3O2. The van der Waals surface area contributed by atoms with Gasteiger partial charge in [-0.25, -0.2) is 0 Å². The molecular weight excluding hydrogens is 266 g/mol. The van der Waals surface area contributed by atoms with Crippen LogP contribution in [0, 0.1) is 0 Å². The Hall–Kier alpha value is -1.88. The average Bonchev–Trinajstić information content (AvgIpc) is 2.48. The molecule has 1 unspecified atom stereocenters. The van der Waals surface area contributed by atoms with Gasteiger partial charge in [0.15, 0.2) is 0 Å². The second-order valence-corrected chi connectivity index (χ2v) is 5.10. The predicted octanol–water partition coefficient (Wildman–Crippen LogP) is 2.04. The quantitative estimate of drug-likeness (QED) is 0.609. The van der Waals surface area contributed by atoms with Crippen LogP contribution in [0.15, 0.2) is 30.3 Å². The largest absolute Gasteiger partial charge is 0.345 e. The van der Waals surface area contributed by atoms with Crippen LogP contribution in [-0.4, -0.2) is 24.4 Å². The van der Waals surface area contributed by atoms with Gasteiger partial charge in [-0.3, -0.25) is 9.59 Å². The van der Waals surface area contributed by atoms with Crippen LogP contribution in [-0.2, 0) is 9.59 Å². The molecule has 2 amide bonds. The van der Waals surface area contributed by atoms with E-state index in [-0.39, 0.29) is 11.8 Å². The fourth-order valence-corrected chi connectivity index (χ4v) is 1.93. The highest BCUT2D eigenvalue weighted by Gasteiger charge is 2.15. The van der Waals surface area contributed by atoms with Crippen molar-refractivity contribution in [3.63, 3.8) is 0 Å². The molecule has 1 atom stereocenters. The van der Waals surface area contributed by atoms with E-state index in [0.717, 1.165) is 31.4 Å². The minimum atomic E-state index is -0.540. The first-order valence-electron chi connectivity index (χ1n) is 7.49. The molecule has 116 valence electrons. The smallest absolute Gasteiger partial charge is 0.246 e. The van der Waals surface area contributed by atoms with E-state index in [0.29, 0.717) is 13.0 Å². The first-order chi connectivity index (χ1) is 10.1. The highest BCUT2D eigenvalue weighted by atomic mass is 16.2. The van der Waals surface area contributed by atoms with Crippen molar-refractivity contribution in [2.75, 3.05) is 11.9 Å². The summed E-state index contributed by atoms with van der Waals surface area (Å²) in [5.74, 6) is -0.295. The molecule has 4 N–H and O–H groups in total. The minimum Gasteiger partial charge on any atom is -0.345 e. The summed E-state index contributed by atoms with van der Waals surface area (Å²) in [6.07, 6.45) is 4.33. The zero-order chi connectivity index (χ0) is 15.5. The molecule has 0 aliphatic rings. The van der Waals surface area contributed by atoms with Gasteiger partial charge in [0.2, 0.25) is 11.8 Å². The van der Waals surface area contributed by atoms with Crippen molar-refractivity contribution in [2.24, 2.45) is 5.73 Å². The maximum Gasteiger partial charge on any atom is 0.246 e. The van der Waals surface area contributed by atoms with Gasteiger partial charge in [0, 0.05) is 12.1 Å². The Bertz CT molecular complexity index is 434. The molecule has 0 radical (unpaired) electrons. The van der Waals surface area contributed by atoms with Crippen LogP contribution in [0.1, 0.15) is 39.0 Å². The van der Waals surface area contributed by atoms with Gasteiger partial charge in [-0.2, -0.15) is 0 Å². The van der Waals surface area contributed by atoms with Gasteiger partial charge in [0.05, 0.1) is 0 Å². The van der Waals surface area contributed by atoms with Crippen LogP contribution >= 0.6 is 0 Å². The van der Waals surface area contributed by atoms with E-state index in [4.69, 9.17) is 5.73 Å². The lowest BCUT2D eigenvalue weighted by atomic mass is 10.1. The average molecular weight is 291 g/mol. The number of hydrogen-bond donors (Lipinski definition) is 3. The summed E-state index contributed by atoms with van der Waals surface area (Å²) < 4.78 is 0. The van der Waals surface area contributed by atoms with E-state index in [2.05, 4.69) is 10.6 Å². The third-order valence-corrected chi connectivity index (χ3v) is 3.17. The molecule has 0 bridgehead atoms. The third-order valence-electron chi connectivity index (χ3n) is 3.17. The molecule has 0 fully saturated rings. The Morgan fingerprint density at radius 1 is 1.10 bits per heavy atom. The standard InChI is InChI=1S/C16H25N3O2/c1-13(16(21)19-14-9-5-4-6-10-14)18-15(20)11-7-2-3-8-12-17/h4-6,9-10,13H,2-3,7-8,11-12,17H2,1H3,(H,18,20)(H,19,21). The van der Waals surface area contributed by atoms with Crippen LogP contribution in [0.25, 0.3) is 0 Å². The monoisotopic (exact) mass is 291 g/mol. The molecule has 0 saturated heterocycles. The third kappa shape index (κ3) is 7.46. The number of benzene rings is 1. The molecule has 1 aromatic rings. The van der Waals surface area contributed by atoms with Crippen molar-refractivity contribution < 1.29 is 9.59 Å². The number of carbonyl (C=O) groups is 2. The SMILES string of the molecule is CC(NC(=O)CCCCCCN)C(=O)Nc1ccccc1. The number of rotatable bonds is 9. The second kappa shape index (κ2) is 9.94. The van der Waals surface area contributed by atoms with Gasteiger partial charge in [-0.15, -0.1) is 0 Å². The zero-order valence-electron chi connectivity index (χ0n) is 12.6. The van der Waals surface area contributed by atoms with Gasteiger partial charge in [0.1, 0.15) is 6.04 Å². The Kier molecular flexibility index (Phi) is 8.12. The molecule has 0 aliphatic carbocycles. The molecule has 0 spiro atoms. The summed E-state index contributed by atoms with van der Waals surface area (Å²) in [7, 11) is 0. The first kappa shape index (κ1) is 17.2. The fraction of sp³-hybridized carbons (Fsp3) is 0.500. The number of anilines is 1. The van der Waals surface area contributed by atoms with E-state index >= 15 is 0 Å². The maximum absolute atomic E-state index is 11.9. The maximum atomic E-state index is 11.9. The fourth-order valence-electron chi connectivity index (χ4n) is 1.93. The van der Waals surface area contributed by atoms with Crippen molar-refractivity contribution in [1.29, 1.82) is 0 Å². The number of carbonyl (C=O) groups excluding carboxylic acids is 2. The van der Waals surface area contributed by atoms with Crippen LogP contribution in [0.2, 0.25) is 0 Å². The van der Waals surface area contributed by atoms with Gasteiger partial charge in [0.25, 0.3) is 0 Å². The van der Waals surface area contributed by atoms with E-state index < -0.39 is 6.04 Å². The predicted molar refractivity (Wildman–Crippen MR) is 84.8 cm³/mol. The van der Waals surface area contributed by atoms with Gasteiger partial charge in [-0.1, -0.05) is 31.0 Å². The number of nitrogens with one attached hydrogen (secondary N) is 2. The molecule has 21 heavy (non-hydrogen) atoms. The zero-order valence-corrected chi connectivity index (χ0v) is 12.6. The van der Waals surface area contributed by atoms with Crippen LogP contribution < -0.4 is 16.4 Å². The topological polar surface area (TPSA) is 84.2 Å². The summed E-state index contributed by atoms with van der Waals surface area (Å²) >= 11 is 0. The lowest BCUT2D eigenvalue weighted by molar-refractivity contribution is -0.126. The molecule has 1 rings (SSSR count). The first-order valence-corrected chi connectivity index (χ1v) is 7.49. The minimum absolute atomic E-state index is 0.0848. The number of nitrogens with two attached hydrogens (primary N) is 1. The summed E-state index contributed by atoms with van der Waals surface area (Å²) in [5, 5.41) is 5.48. The Morgan fingerprint density at radius 2 is 1.76 bits per heavy atom. The normalized spacial score (nSPS) is 11.7. The highest BCUT2D eigenvalue weighted by molar-refractivity contribution is 5.96. The lowest BCUT2D eigenvalue weighted by Crippen LogP contribution is -2.41. The van der Waals surface area contributed by atoms with Crippen molar-refractivity contribution >= 4 is 17.5 Å². The van der Waals surface area contributed by atoms with Crippen LogP contribution in [0.5, 0.6) is 0 Å². The summed E-state index contributed by atoms with van der Waals surface area (Å²) in [5.41, 5.74) is 6.14. The molecule has 5 heteroatoms. The molecule has 0 heterocycles. The van der Waals surface area contributed by atoms with E-state index in [1.54, 1.807) is 6.92 Å².